The number of aliphatic hydroxyl groups is 6. The van der Waals surface area contributed by atoms with Crippen molar-refractivity contribution in [2.75, 3.05) is 46.2 Å². The van der Waals surface area contributed by atoms with Crippen molar-refractivity contribution in [3.63, 3.8) is 0 Å². The van der Waals surface area contributed by atoms with Crippen molar-refractivity contribution in [2.24, 2.45) is 0 Å². The molecule has 0 aromatic carbocycles. The van der Waals surface area contributed by atoms with Gasteiger partial charge in [0.1, 0.15) is 0 Å². The molecule has 0 aliphatic rings. The number of ether oxygens (including phenoxy) is 1. The predicted octanol–water partition coefficient (Wildman–Crippen LogP) is -1.12. The van der Waals surface area contributed by atoms with Gasteiger partial charge >= 0.3 is 0 Å². The summed E-state index contributed by atoms with van der Waals surface area (Å²) in [4.78, 5) is 0. The number of unbranched alkanes of at least 4 members (excludes halogenated alkanes) is 2. The monoisotopic (exact) mass is 300 g/mol. The predicted molar refractivity (Wildman–Crippen MR) is 76.4 cm³/mol. The van der Waals surface area contributed by atoms with Crippen LogP contribution in [0.2, 0.25) is 0 Å². The van der Waals surface area contributed by atoms with Crippen LogP contribution in [-0.2, 0) is 4.74 Å². The maximum atomic E-state index is 8.42. The number of rotatable bonds is 10. The Labute approximate surface area is 121 Å². The third kappa shape index (κ3) is 43.1. The largest absolute Gasteiger partial charge is 0.396 e. The average molecular weight is 300 g/mol. The van der Waals surface area contributed by atoms with E-state index in [0.29, 0.717) is 0 Å². The van der Waals surface area contributed by atoms with Crippen molar-refractivity contribution in [3.05, 3.63) is 0 Å². The zero-order valence-electron chi connectivity index (χ0n) is 12.4. The molecule has 1 atom stereocenters. The van der Waals surface area contributed by atoms with E-state index >= 15 is 0 Å². The molecule has 7 nitrogen and oxygen atoms in total. The molecule has 0 radical (unpaired) electrons. The van der Waals surface area contributed by atoms with Gasteiger partial charge in [0.15, 0.2) is 0 Å². The standard InChI is InChI=1S/C8H18O3.C3H8O2.C2H6O2/c9-5-1-3-7-11-8-4-2-6-10;1-3(5)2-4;3-1-2-4/h9-10H,1-8H2;3-5H,2H2,1H3;3-4H,1-2H2. The van der Waals surface area contributed by atoms with Gasteiger partial charge in [-0.25, -0.2) is 0 Å². The lowest BCUT2D eigenvalue weighted by atomic mass is 10.3. The van der Waals surface area contributed by atoms with Gasteiger partial charge in [-0.15, -0.1) is 0 Å². The van der Waals surface area contributed by atoms with E-state index in [0.717, 1.165) is 38.9 Å². The third-order valence-corrected chi connectivity index (χ3v) is 1.76. The van der Waals surface area contributed by atoms with Crippen LogP contribution in [-0.4, -0.2) is 83.0 Å². The highest BCUT2D eigenvalue weighted by molar-refractivity contribution is 4.38. The van der Waals surface area contributed by atoms with Crippen molar-refractivity contribution in [3.8, 4) is 0 Å². The molecular formula is C13H32O7. The van der Waals surface area contributed by atoms with E-state index in [9.17, 15) is 0 Å². The summed E-state index contributed by atoms with van der Waals surface area (Å²) in [6.45, 7) is 3.10. The van der Waals surface area contributed by atoms with Crippen LogP contribution in [0.3, 0.4) is 0 Å². The summed E-state index contributed by atoms with van der Waals surface area (Å²) < 4.78 is 5.22. The van der Waals surface area contributed by atoms with Crippen LogP contribution < -0.4 is 0 Å². The van der Waals surface area contributed by atoms with Crippen LogP contribution in [0, 0.1) is 0 Å². The molecule has 0 aliphatic carbocycles. The van der Waals surface area contributed by atoms with Crippen molar-refractivity contribution in [1.29, 1.82) is 0 Å². The minimum atomic E-state index is -0.560. The van der Waals surface area contributed by atoms with Crippen molar-refractivity contribution >= 4 is 0 Å². The molecule has 1 unspecified atom stereocenters. The van der Waals surface area contributed by atoms with Crippen LogP contribution in [0.15, 0.2) is 0 Å². The molecule has 0 spiro atoms. The smallest absolute Gasteiger partial charge is 0.0742 e. The van der Waals surface area contributed by atoms with Crippen LogP contribution in [0.1, 0.15) is 32.6 Å². The maximum Gasteiger partial charge on any atom is 0.0742 e. The van der Waals surface area contributed by atoms with Gasteiger partial charge < -0.3 is 35.4 Å². The van der Waals surface area contributed by atoms with Crippen LogP contribution >= 0.6 is 0 Å². The molecule has 0 heterocycles. The molecule has 0 aliphatic heterocycles. The normalized spacial score (nSPS) is 10.9. The minimum Gasteiger partial charge on any atom is -0.396 e. The zero-order valence-corrected chi connectivity index (χ0v) is 12.4. The fraction of sp³-hybridized carbons (Fsp3) is 1.00. The first-order chi connectivity index (χ1) is 9.60. The summed E-state index contributed by atoms with van der Waals surface area (Å²) in [5.74, 6) is 0. The molecule has 0 rings (SSSR count). The van der Waals surface area contributed by atoms with Crippen molar-refractivity contribution in [1.82, 2.24) is 0 Å². The van der Waals surface area contributed by atoms with Crippen LogP contribution in [0.25, 0.3) is 0 Å². The lowest BCUT2D eigenvalue weighted by Gasteiger charge is -2.01. The lowest BCUT2D eigenvalue weighted by Crippen LogP contribution is -2.03. The quantitative estimate of drug-likeness (QED) is 0.282. The molecule has 0 saturated carbocycles. The van der Waals surface area contributed by atoms with Crippen molar-refractivity contribution < 1.29 is 35.4 Å². The Morgan fingerprint density at radius 3 is 1.25 bits per heavy atom. The highest BCUT2D eigenvalue weighted by Crippen LogP contribution is 1.92. The average Bonchev–Trinajstić information content (AvgIpc) is 2.47. The van der Waals surface area contributed by atoms with Gasteiger partial charge in [-0.05, 0) is 32.6 Å². The molecule has 20 heavy (non-hydrogen) atoms. The molecule has 0 aromatic heterocycles. The molecule has 126 valence electrons. The third-order valence-electron chi connectivity index (χ3n) is 1.76. The summed E-state index contributed by atoms with van der Waals surface area (Å²) in [6, 6.07) is 0. The Bertz CT molecular complexity index is 124. The molecular weight excluding hydrogens is 268 g/mol. The topological polar surface area (TPSA) is 131 Å². The molecule has 0 fully saturated rings. The SMILES string of the molecule is CC(O)CO.OCCCCOCCCCO.OCCO. The first-order valence-corrected chi connectivity index (χ1v) is 6.90. The maximum absolute atomic E-state index is 8.42. The van der Waals surface area contributed by atoms with Gasteiger partial charge in [0.25, 0.3) is 0 Å². The van der Waals surface area contributed by atoms with E-state index in [2.05, 4.69) is 0 Å². The van der Waals surface area contributed by atoms with E-state index in [1.807, 2.05) is 0 Å². The highest BCUT2D eigenvalue weighted by Gasteiger charge is 1.88. The van der Waals surface area contributed by atoms with E-state index in [1.165, 1.54) is 6.92 Å². The Hall–Kier alpha value is -0.280. The second-order valence-corrected chi connectivity index (χ2v) is 3.95. The summed E-state index contributed by atoms with van der Waals surface area (Å²) in [5.41, 5.74) is 0. The summed E-state index contributed by atoms with van der Waals surface area (Å²) in [6.07, 6.45) is 2.93. The number of aliphatic hydroxyl groups excluding tert-OH is 6. The summed E-state index contributed by atoms with van der Waals surface area (Å²) in [7, 11) is 0. The van der Waals surface area contributed by atoms with Gasteiger partial charge in [-0.3, -0.25) is 0 Å². The second-order valence-electron chi connectivity index (χ2n) is 3.95. The van der Waals surface area contributed by atoms with Gasteiger partial charge in [-0.2, -0.15) is 0 Å². The number of hydrogen-bond acceptors (Lipinski definition) is 7. The van der Waals surface area contributed by atoms with Gasteiger partial charge in [0.2, 0.25) is 0 Å². The molecule has 6 N–H and O–H groups in total. The van der Waals surface area contributed by atoms with Crippen LogP contribution in [0.4, 0.5) is 0 Å². The van der Waals surface area contributed by atoms with E-state index < -0.39 is 6.10 Å². The summed E-state index contributed by atoms with van der Waals surface area (Å²) in [5, 5.41) is 48.1. The Balaban J connectivity index is -0.000000266. The number of hydrogen-bond donors (Lipinski definition) is 6. The first-order valence-electron chi connectivity index (χ1n) is 6.90. The molecule has 0 bridgehead atoms. The van der Waals surface area contributed by atoms with E-state index in [1.54, 1.807) is 0 Å². The summed E-state index contributed by atoms with van der Waals surface area (Å²) >= 11 is 0. The van der Waals surface area contributed by atoms with Gasteiger partial charge in [-0.1, -0.05) is 0 Å². The zero-order chi connectivity index (χ0) is 16.1. The Morgan fingerprint density at radius 2 is 1.05 bits per heavy atom. The van der Waals surface area contributed by atoms with Crippen LogP contribution in [0.5, 0.6) is 0 Å². The molecule has 0 amide bonds. The highest BCUT2D eigenvalue weighted by atomic mass is 16.5. The Kier molecular flexibility index (Phi) is 33.5. The fourth-order valence-corrected chi connectivity index (χ4v) is 0.734. The van der Waals surface area contributed by atoms with Gasteiger partial charge in [0, 0.05) is 26.4 Å². The first kappa shape index (κ1) is 24.7. The van der Waals surface area contributed by atoms with Crippen molar-refractivity contribution in [2.45, 2.75) is 38.7 Å². The molecule has 7 heteroatoms. The Morgan fingerprint density at radius 1 is 0.700 bits per heavy atom. The van der Waals surface area contributed by atoms with E-state index in [4.69, 9.17) is 35.4 Å². The molecule has 0 aromatic rings. The van der Waals surface area contributed by atoms with Gasteiger partial charge in [0.05, 0.1) is 25.9 Å². The lowest BCUT2D eigenvalue weighted by molar-refractivity contribution is 0.110. The molecule has 0 saturated heterocycles. The van der Waals surface area contributed by atoms with E-state index in [-0.39, 0.29) is 33.0 Å². The minimum absolute atomic E-state index is 0.125. The second kappa shape index (κ2) is 27.1. The fourth-order valence-electron chi connectivity index (χ4n) is 0.734.